The molecule has 0 fully saturated rings. The SMILES string of the molecule is CCCCOCCO[Si](C)(OC)OC. The van der Waals surface area contributed by atoms with Crippen LogP contribution in [0.25, 0.3) is 0 Å². The Morgan fingerprint density at radius 3 is 2.14 bits per heavy atom. The first-order valence-electron chi connectivity index (χ1n) is 5.00. The number of hydrogen-bond acceptors (Lipinski definition) is 4. The summed E-state index contributed by atoms with van der Waals surface area (Å²) in [6.07, 6.45) is 2.26. The van der Waals surface area contributed by atoms with Crippen molar-refractivity contribution >= 4 is 8.80 Å². The van der Waals surface area contributed by atoms with Gasteiger partial charge in [-0.05, 0) is 6.42 Å². The molecule has 0 aliphatic carbocycles. The molecule has 0 spiro atoms. The molecule has 0 aromatic carbocycles. The Labute approximate surface area is 87.9 Å². The highest BCUT2D eigenvalue weighted by molar-refractivity contribution is 6.59. The summed E-state index contributed by atoms with van der Waals surface area (Å²) in [6, 6.07) is 0. The van der Waals surface area contributed by atoms with Gasteiger partial charge in [-0.2, -0.15) is 0 Å². The molecule has 0 N–H and O–H groups in total. The second kappa shape index (κ2) is 8.37. The Morgan fingerprint density at radius 2 is 1.64 bits per heavy atom. The van der Waals surface area contributed by atoms with E-state index >= 15 is 0 Å². The Balaban J connectivity index is 3.34. The van der Waals surface area contributed by atoms with Crippen molar-refractivity contribution in [3.8, 4) is 0 Å². The second-order valence-corrected chi connectivity index (χ2v) is 5.91. The van der Waals surface area contributed by atoms with Gasteiger partial charge in [0.1, 0.15) is 0 Å². The minimum Gasteiger partial charge on any atom is -0.379 e. The lowest BCUT2D eigenvalue weighted by atomic mass is 10.4. The van der Waals surface area contributed by atoms with Gasteiger partial charge in [-0.3, -0.25) is 0 Å². The number of rotatable bonds is 9. The molecule has 0 amide bonds. The summed E-state index contributed by atoms with van der Waals surface area (Å²) in [6.45, 7) is 5.94. The molecule has 0 unspecified atom stereocenters. The lowest BCUT2D eigenvalue weighted by Crippen LogP contribution is -2.41. The van der Waals surface area contributed by atoms with Crippen LogP contribution in [0, 0.1) is 0 Å². The van der Waals surface area contributed by atoms with Crippen LogP contribution in [0.1, 0.15) is 19.8 Å². The molecule has 5 heteroatoms. The quantitative estimate of drug-likeness (QED) is 0.439. The van der Waals surface area contributed by atoms with E-state index in [2.05, 4.69) is 6.92 Å². The van der Waals surface area contributed by atoms with Crippen LogP contribution in [-0.4, -0.2) is 42.8 Å². The number of hydrogen-bond donors (Lipinski definition) is 0. The van der Waals surface area contributed by atoms with E-state index in [0.29, 0.717) is 13.2 Å². The topological polar surface area (TPSA) is 36.9 Å². The van der Waals surface area contributed by atoms with Crippen LogP contribution in [0.4, 0.5) is 0 Å². The molecule has 86 valence electrons. The van der Waals surface area contributed by atoms with E-state index in [1.54, 1.807) is 14.2 Å². The van der Waals surface area contributed by atoms with Crippen molar-refractivity contribution in [1.82, 2.24) is 0 Å². The molecule has 0 radical (unpaired) electrons. The van der Waals surface area contributed by atoms with E-state index in [1.165, 1.54) is 0 Å². The maximum atomic E-state index is 5.48. The number of ether oxygens (including phenoxy) is 1. The molecule has 0 saturated carbocycles. The summed E-state index contributed by atoms with van der Waals surface area (Å²) in [5.41, 5.74) is 0. The van der Waals surface area contributed by atoms with Crippen molar-refractivity contribution in [3.63, 3.8) is 0 Å². The van der Waals surface area contributed by atoms with Crippen LogP contribution >= 0.6 is 0 Å². The molecule has 0 aromatic heterocycles. The summed E-state index contributed by atoms with van der Waals surface area (Å²) >= 11 is 0. The highest BCUT2D eigenvalue weighted by atomic mass is 28.4. The van der Waals surface area contributed by atoms with Crippen LogP contribution in [-0.2, 0) is 18.0 Å². The maximum Gasteiger partial charge on any atom is 0.497 e. The van der Waals surface area contributed by atoms with Crippen molar-refractivity contribution in [2.45, 2.75) is 26.3 Å². The third-order valence-electron chi connectivity index (χ3n) is 1.98. The lowest BCUT2D eigenvalue weighted by molar-refractivity contribution is 0.0527. The first-order valence-corrected chi connectivity index (χ1v) is 7.23. The predicted molar refractivity (Wildman–Crippen MR) is 57.3 cm³/mol. The minimum atomic E-state index is -2.35. The third-order valence-corrected chi connectivity index (χ3v) is 4.19. The van der Waals surface area contributed by atoms with Crippen molar-refractivity contribution in [2.75, 3.05) is 34.0 Å². The summed E-state index contributed by atoms with van der Waals surface area (Å²) in [7, 11) is 0.864. The fourth-order valence-corrected chi connectivity index (χ4v) is 1.69. The van der Waals surface area contributed by atoms with Gasteiger partial charge in [-0.25, -0.2) is 0 Å². The average molecular weight is 222 g/mol. The summed E-state index contributed by atoms with van der Waals surface area (Å²) < 4.78 is 21.1. The largest absolute Gasteiger partial charge is 0.497 e. The molecular weight excluding hydrogens is 200 g/mol. The normalized spacial score (nSPS) is 12.0. The predicted octanol–water partition coefficient (Wildman–Crippen LogP) is 1.68. The summed E-state index contributed by atoms with van der Waals surface area (Å²) in [5, 5.41) is 0. The van der Waals surface area contributed by atoms with E-state index in [0.717, 1.165) is 19.4 Å². The van der Waals surface area contributed by atoms with Gasteiger partial charge in [-0.1, -0.05) is 13.3 Å². The van der Waals surface area contributed by atoms with Crippen LogP contribution < -0.4 is 0 Å². The molecule has 0 rings (SSSR count). The Bertz CT molecular complexity index is 128. The van der Waals surface area contributed by atoms with E-state index in [9.17, 15) is 0 Å². The zero-order valence-electron chi connectivity index (χ0n) is 9.67. The van der Waals surface area contributed by atoms with Crippen molar-refractivity contribution in [1.29, 1.82) is 0 Å². The zero-order chi connectivity index (χ0) is 10.9. The van der Waals surface area contributed by atoms with Gasteiger partial charge in [-0.15, -0.1) is 0 Å². The molecule has 0 saturated heterocycles. The highest BCUT2D eigenvalue weighted by Crippen LogP contribution is 2.05. The Morgan fingerprint density at radius 1 is 1.00 bits per heavy atom. The average Bonchev–Trinajstić information content (AvgIpc) is 2.23. The fourth-order valence-electron chi connectivity index (χ4n) is 0.836. The fraction of sp³-hybridized carbons (Fsp3) is 1.00. The molecule has 0 heterocycles. The third kappa shape index (κ3) is 6.50. The lowest BCUT2D eigenvalue weighted by Gasteiger charge is -2.21. The molecule has 4 nitrogen and oxygen atoms in total. The van der Waals surface area contributed by atoms with Crippen LogP contribution in [0.3, 0.4) is 0 Å². The van der Waals surface area contributed by atoms with Crippen molar-refractivity contribution in [3.05, 3.63) is 0 Å². The molecular formula is C9H22O4Si. The molecule has 0 aromatic rings. The molecule has 0 atom stereocenters. The first-order chi connectivity index (χ1) is 6.68. The van der Waals surface area contributed by atoms with E-state index in [4.69, 9.17) is 18.0 Å². The van der Waals surface area contributed by atoms with Crippen molar-refractivity contribution in [2.24, 2.45) is 0 Å². The highest BCUT2D eigenvalue weighted by Gasteiger charge is 2.31. The standard InChI is InChI=1S/C9H22O4Si/c1-5-6-7-12-8-9-13-14(4,10-2)11-3/h5-9H2,1-4H3. The minimum absolute atomic E-state index is 0.536. The van der Waals surface area contributed by atoms with E-state index in [-0.39, 0.29) is 0 Å². The summed E-state index contributed by atoms with van der Waals surface area (Å²) in [4.78, 5) is 0. The Hall–Kier alpha value is 0.0569. The zero-order valence-corrected chi connectivity index (χ0v) is 10.7. The van der Waals surface area contributed by atoms with E-state index in [1.807, 2.05) is 6.55 Å². The second-order valence-electron chi connectivity index (χ2n) is 3.09. The van der Waals surface area contributed by atoms with Gasteiger partial charge in [0.2, 0.25) is 0 Å². The van der Waals surface area contributed by atoms with E-state index < -0.39 is 8.80 Å². The van der Waals surface area contributed by atoms with Gasteiger partial charge in [0.05, 0.1) is 13.2 Å². The molecule has 0 aliphatic heterocycles. The molecule has 0 bridgehead atoms. The monoisotopic (exact) mass is 222 g/mol. The van der Waals surface area contributed by atoms with Gasteiger partial charge in [0.15, 0.2) is 0 Å². The number of unbranched alkanes of at least 4 members (excludes halogenated alkanes) is 1. The van der Waals surface area contributed by atoms with Crippen molar-refractivity contribution < 1.29 is 18.0 Å². The molecule has 14 heavy (non-hydrogen) atoms. The first kappa shape index (κ1) is 14.1. The van der Waals surface area contributed by atoms with Gasteiger partial charge >= 0.3 is 8.80 Å². The van der Waals surface area contributed by atoms with Gasteiger partial charge < -0.3 is 18.0 Å². The molecule has 0 aliphatic rings. The maximum absolute atomic E-state index is 5.48. The van der Waals surface area contributed by atoms with Crippen LogP contribution in [0.2, 0.25) is 6.55 Å². The van der Waals surface area contributed by atoms with Crippen LogP contribution in [0.15, 0.2) is 0 Å². The smallest absolute Gasteiger partial charge is 0.379 e. The summed E-state index contributed by atoms with van der Waals surface area (Å²) in [5.74, 6) is 0. The van der Waals surface area contributed by atoms with Gasteiger partial charge in [0, 0.05) is 27.4 Å². The van der Waals surface area contributed by atoms with Gasteiger partial charge in [0.25, 0.3) is 0 Å². The van der Waals surface area contributed by atoms with Crippen LogP contribution in [0.5, 0.6) is 0 Å². The Kier molecular flexibility index (Phi) is 8.41.